The molecule has 11 heteroatoms. The van der Waals surface area contributed by atoms with E-state index in [1.54, 1.807) is 46.4 Å². The molecule has 0 bridgehead atoms. The zero-order valence-electron chi connectivity index (χ0n) is 15.6. The number of nitrogens with zero attached hydrogens (tertiary/aromatic N) is 7. The van der Waals surface area contributed by atoms with Gasteiger partial charge in [-0.25, -0.2) is 18.7 Å². The minimum Gasteiger partial charge on any atom is -0.328 e. The van der Waals surface area contributed by atoms with Crippen LogP contribution in [-0.2, 0) is 17.4 Å². The number of alkyl halides is 2. The standard InChI is InChI=1S/C18H18F2N8O/c1-26-9-13(7-22-26)24-16-21-5-2-14(25-16)12-6-23-28(8-12)17(3-4-17)15(29)27-10-18(19,20)11-27/h2,5-9H,3-4,10-11H2,1H3,(H,21,24,25). The number of halogens is 2. The highest BCUT2D eigenvalue weighted by Crippen LogP contribution is 2.47. The molecule has 0 radical (unpaired) electrons. The van der Waals surface area contributed by atoms with Crippen molar-refractivity contribution in [3.05, 3.63) is 37.1 Å². The molecule has 2 fully saturated rings. The highest BCUT2D eigenvalue weighted by molar-refractivity contribution is 5.88. The summed E-state index contributed by atoms with van der Waals surface area (Å²) in [7, 11) is 1.81. The minimum absolute atomic E-state index is 0.292. The maximum absolute atomic E-state index is 13.1. The summed E-state index contributed by atoms with van der Waals surface area (Å²) in [5.74, 6) is -2.66. The molecule has 0 unspecified atom stereocenters. The lowest BCUT2D eigenvalue weighted by atomic mass is 10.1. The number of likely N-dealkylation sites (tertiary alicyclic amines) is 1. The van der Waals surface area contributed by atoms with Crippen LogP contribution in [0.1, 0.15) is 12.8 Å². The second-order valence-electron chi connectivity index (χ2n) is 7.52. The van der Waals surface area contributed by atoms with Crippen molar-refractivity contribution in [2.75, 3.05) is 18.4 Å². The number of aryl methyl sites for hydroxylation is 1. The normalized spacial score (nSPS) is 18.9. The fourth-order valence-electron chi connectivity index (χ4n) is 3.49. The number of nitrogens with one attached hydrogen (secondary N) is 1. The van der Waals surface area contributed by atoms with Gasteiger partial charge in [0, 0.05) is 31.2 Å². The third kappa shape index (κ3) is 3.12. The molecule has 150 valence electrons. The Labute approximate surface area is 164 Å². The summed E-state index contributed by atoms with van der Waals surface area (Å²) in [5.41, 5.74) is 1.26. The number of rotatable bonds is 5. The molecule has 9 nitrogen and oxygen atoms in total. The number of anilines is 2. The van der Waals surface area contributed by atoms with Gasteiger partial charge in [0.2, 0.25) is 5.95 Å². The molecule has 1 aliphatic heterocycles. The zero-order chi connectivity index (χ0) is 20.2. The van der Waals surface area contributed by atoms with E-state index in [-0.39, 0.29) is 5.91 Å². The van der Waals surface area contributed by atoms with Crippen LogP contribution in [0.15, 0.2) is 37.1 Å². The Hall–Kier alpha value is -3.37. The lowest BCUT2D eigenvalue weighted by Crippen LogP contribution is -2.61. The fourth-order valence-corrected chi connectivity index (χ4v) is 3.49. The van der Waals surface area contributed by atoms with Gasteiger partial charge in [-0.1, -0.05) is 0 Å². The summed E-state index contributed by atoms with van der Waals surface area (Å²) in [6.45, 7) is -1.03. The van der Waals surface area contributed by atoms with Gasteiger partial charge < -0.3 is 10.2 Å². The molecule has 2 aliphatic rings. The van der Waals surface area contributed by atoms with Crippen LogP contribution in [0.4, 0.5) is 20.4 Å². The number of aromatic nitrogens is 6. The molecule has 1 saturated heterocycles. The minimum atomic E-state index is -2.78. The van der Waals surface area contributed by atoms with Crippen molar-refractivity contribution in [3.63, 3.8) is 0 Å². The number of hydrogen-bond donors (Lipinski definition) is 1. The van der Waals surface area contributed by atoms with E-state index in [4.69, 9.17) is 0 Å². The van der Waals surface area contributed by atoms with Gasteiger partial charge in [-0.15, -0.1) is 0 Å². The van der Waals surface area contributed by atoms with Gasteiger partial charge in [0.25, 0.3) is 11.8 Å². The Morgan fingerprint density at radius 1 is 1.17 bits per heavy atom. The largest absolute Gasteiger partial charge is 0.328 e. The Kier molecular flexibility index (Phi) is 3.70. The molecule has 3 aromatic heterocycles. The summed E-state index contributed by atoms with van der Waals surface area (Å²) >= 11 is 0. The Morgan fingerprint density at radius 3 is 2.62 bits per heavy atom. The van der Waals surface area contributed by atoms with Gasteiger partial charge in [-0.2, -0.15) is 10.2 Å². The molecule has 1 aliphatic carbocycles. The van der Waals surface area contributed by atoms with Gasteiger partial charge in [0.05, 0.1) is 36.9 Å². The fraction of sp³-hybridized carbons (Fsp3) is 0.389. The lowest BCUT2D eigenvalue weighted by Gasteiger charge is -2.40. The molecule has 1 N–H and O–H groups in total. The van der Waals surface area contributed by atoms with Crippen molar-refractivity contribution >= 4 is 17.5 Å². The van der Waals surface area contributed by atoms with Crippen molar-refractivity contribution in [3.8, 4) is 11.3 Å². The third-order valence-electron chi connectivity index (χ3n) is 5.19. The van der Waals surface area contributed by atoms with Crippen LogP contribution in [-0.4, -0.2) is 59.3 Å². The quantitative estimate of drug-likeness (QED) is 0.702. The lowest BCUT2D eigenvalue weighted by molar-refractivity contribution is -0.170. The van der Waals surface area contributed by atoms with Crippen molar-refractivity contribution in [1.82, 2.24) is 34.4 Å². The van der Waals surface area contributed by atoms with Crippen molar-refractivity contribution in [1.29, 1.82) is 0 Å². The van der Waals surface area contributed by atoms with Crippen LogP contribution < -0.4 is 5.32 Å². The monoisotopic (exact) mass is 400 g/mol. The summed E-state index contributed by atoms with van der Waals surface area (Å²) in [4.78, 5) is 22.6. The van der Waals surface area contributed by atoms with E-state index >= 15 is 0 Å². The zero-order valence-corrected chi connectivity index (χ0v) is 15.6. The van der Waals surface area contributed by atoms with Gasteiger partial charge >= 0.3 is 0 Å². The molecule has 1 amide bonds. The van der Waals surface area contributed by atoms with E-state index in [9.17, 15) is 13.6 Å². The first-order valence-electron chi connectivity index (χ1n) is 9.16. The van der Waals surface area contributed by atoms with E-state index in [1.807, 2.05) is 7.05 Å². The molecule has 0 aromatic carbocycles. The molecule has 0 atom stereocenters. The van der Waals surface area contributed by atoms with Gasteiger partial charge in [-0.3, -0.25) is 14.2 Å². The summed E-state index contributed by atoms with van der Waals surface area (Å²) in [6.07, 6.45) is 9.62. The summed E-state index contributed by atoms with van der Waals surface area (Å²) in [5, 5.41) is 11.5. The molecule has 29 heavy (non-hydrogen) atoms. The SMILES string of the molecule is Cn1cc(Nc2nccc(-c3cnn(C4(C(=O)N5CC(F)(F)C5)CC4)c3)n2)cn1. The van der Waals surface area contributed by atoms with Gasteiger partial charge in [0.15, 0.2) is 0 Å². The van der Waals surface area contributed by atoms with Crippen LogP contribution >= 0.6 is 0 Å². The smallest absolute Gasteiger partial charge is 0.282 e. The molecule has 5 rings (SSSR count). The molecular formula is C18H18F2N8O. The van der Waals surface area contributed by atoms with Crippen LogP contribution in [0.3, 0.4) is 0 Å². The van der Waals surface area contributed by atoms with Crippen LogP contribution in [0.25, 0.3) is 11.3 Å². The van der Waals surface area contributed by atoms with E-state index in [1.165, 1.54) is 4.90 Å². The topological polar surface area (TPSA) is 93.8 Å². The van der Waals surface area contributed by atoms with Crippen molar-refractivity contribution in [2.24, 2.45) is 7.05 Å². The summed E-state index contributed by atoms with van der Waals surface area (Å²) in [6, 6.07) is 1.74. The van der Waals surface area contributed by atoms with Crippen LogP contribution in [0.2, 0.25) is 0 Å². The average Bonchev–Trinajstić information content (AvgIpc) is 3.13. The van der Waals surface area contributed by atoms with E-state index < -0.39 is 24.6 Å². The first-order valence-corrected chi connectivity index (χ1v) is 9.16. The number of carbonyl (C=O) groups excluding carboxylic acids is 1. The molecule has 1 saturated carbocycles. The van der Waals surface area contributed by atoms with Gasteiger partial charge in [0.1, 0.15) is 5.54 Å². The average molecular weight is 400 g/mol. The maximum atomic E-state index is 13.1. The van der Waals surface area contributed by atoms with Gasteiger partial charge in [-0.05, 0) is 18.9 Å². The first kappa shape index (κ1) is 17.7. The van der Waals surface area contributed by atoms with E-state index in [0.29, 0.717) is 24.5 Å². The number of carbonyl (C=O) groups is 1. The molecule has 3 aromatic rings. The number of hydrogen-bond acceptors (Lipinski definition) is 6. The predicted octanol–water partition coefficient (Wildman–Crippen LogP) is 1.78. The van der Waals surface area contributed by atoms with E-state index in [0.717, 1.165) is 11.3 Å². The Morgan fingerprint density at radius 2 is 1.97 bits per heavy atom. The third-order valence-corrected chi connectivity index (χ3v) is 5.19. The maximum Gasteiger partial charge on any atom is 0.282 e. The van der Waals surface area contributed by atoms with Crippen molar-refractivity contribution in [2.45, 2.75) is 24.3 Å². The highest BCUT2D eigenvalue weighted by atomic mass is 19.3. The first-order chi connectivity index (χ1) is 13.8. The van der Waals surface area contributed by atoms with Crippen LogP contribution in [0.5, 0.6) is 0 Å². The molecule has 4 heterocycles. The Balaban J connectivity index is 1.35. The van der Waals surface area contributed by atoms with Crippen molar-refractivity contribution < 1.29 is 13.6 Å². The molecule has 0 spiro atoms. The Bertz CT molecular complexity index is 1080. The predicted molar refractivity (Wildman–Crippen MR) is 98.5 cm³/mol. The number of amides is 1. The second-order valence-corrected chi connectivity index (χ2v) is 7.52. The van der Waals surface area contributed by atoms with E-state index in [2.05, 4.69) is 25.5 Å². The van der Waals surface area contributed by atoms with Crippen LogP contribution in [0, 0.1) is 0 Å². The summed E-state index contributed by atoms with van der Waals surface area (Å²) < 4.78 is 29.5. The second kappa shape index (κ2) is 6.06. The highest BCUT2D eigenvalue weighted by Gasteiger charge is 2.59. The molecular weight excluding hydrogens is 382 g/mol.